The summed E-state index contributed by atoms with van der Waals surface area (Å²) in [6, 6.07) is 3.83. The first-order valence-corrected chi connectivity index (χ1v) is 6.08. The number of aromatic nitrogens is 3. The minimum Gasteiger partial charge on any atom is -0.351 e. The average Bonchev–Trinajstić information content (AvgIpc) is 2.75. The number of carbonyl (C=O) groups is 1. The molecule has 102 valence electrons. The summed E-state index contributed by atoms with van der Waals surface area (Å²) in [6.07, 6.45) is 1.87. The second-order valence-electron chi connectivity index (χ2n) is 4.50. The molecule has 2 aromatic heterocycles. The summed E-state index contributed by atoms with van der Waals surface area (Å²) in [5, 5.41) is 10.1. The van der Waals surface area contributed by atoms with Crippen LogP contribution in [0.15, 0.2) is 18.3 Å². The van der Waals surface area contributed by atoms with E-state index in [-0.39, 0.29) is 6.03 Å². The van der Waals surface area contributed by atoms with Crippen LogP contribution in [-0.2, 0) is 0 Å². The van der Waals surface area contributed by atoms with Crippen LogP contribution in [0.4, 0.5) is 10.7 Å². The normalized spacial score (nSPS) is 10.5. The summed E-state index contributed by atoms with van der Waals surface area (Å²) in [6.45, 7) is 3.11. The van der Waals surface area contributed by atoms with Crippen molar-refractivity contribution >= 4 is 17.6 Å². The van der Waals surface area contributed by atoms with E-state index in [9.17, 15) is 4.79 Å². The van der Waals surface area contributed by atoms with Gasteiger partial charge in [0.05, 0.1) is 0 Å². The fraction of sp³-hybridized carbons (Fsp3) is 0.417. The van der Waals surface area contributed by atoms with Crippen LogP contribution >= 0.6 is 0 Å². The molecule has 2 aromatic rings. The van der Waals surface area contributed by atoms with Crippen molar-refractivity contribution in [3.8, 4) is 0 Å². The number of nitrogens with one attached hydrogen (secondary N) is 2. The van der Waals surface area contributed by atoms with Crippen molar-refractivity contribution in [2.75, 3.05) is 32.5 Å². The molecule has 7 nitrogen and oxygen atoms in total. The van der Waals surface area contributed by atoms with Gasteiger partial charge in [0.1, 0.15) is 0 Å². The third kappa shape index (κ3) is 3.34. The number of carbonyl (C=O) groups excluding carboxylic acids is 1. The molecule has 0 atom stereocenters. The minimum absolute atomic E-state index is 0.111. The molecule has 0 fully saturated rings. The first-order valence-electron chi connectivity index (χ1n) is 6.08. The number of hydrogen-bond donors (Lipinski definition) is 2. The van der Waals surface area contributed by atoms with Crippen LogP contribution in [0, 0.1) is 6.92 Å². The highest BCUT2D eigenvalue weighted by Crippen LogP contribution is 2.06. The molecular formula is C12H18N6O. The van der Waals surface area contributed by atoms with E-state index in [0.717, 1.165) is 11.2 Å². The van der Waals surface area contributed by atoms with E-state index >= 15 is 0 Å². The van der Waals surface area contributed by atoms with Crippen LogP contribution in [0.5, 0.6) is 0 Å². The van der Waals surface area contributed by atoms with Gasteiger partial charge in [-0.2, -0.15) is 4.98 Å². The molecule has 2 amide bonds. The minimum atomic E-state index is -0.111. The lowest BCUT2D eigenvalue weighted by Crippen LogP contribution is -2.37. The summed E-state index contributed by atoms with van der Waals surface area (Å²) in [5.74, 6) is 0.560. The maximum Gasteiger partial charge on any atom is 0.316 e. The van der Waals surface area contributed by atoms with Gasteiger partial charge in [-0.25, -0.2) is 9.31 Å². The molecule has 0 unspecified atom stereocenters. The van der Waals surface area contributed by atoms with Gasteiger partial charge in [0.2, 0.25) is 5.95 Å². The Morgan fingerprint density at radius 1 is 1.42 bits per heavy atom. The van der Waals surface area contributed by atoms with Crippen LogP contribution in [0.1, 0.15) is 5.56 Å². The van der Waals surface area contributed by atoms with E-state index in [4.69, 9.17) is 0 Å². The van der Waals surface area contributed by atoms with Gasteiger partial charge >= 0.3 is 6.03 Å². The Morgan fingerprint density at radius 2 is 2.21 bits per heavy atom. The van der Waals surface area contributed by atoms with Crippen LogP contribution in [0.2, 0.25) is 0 Å². The number of nitrogens with zero attached hydrogens (tertiary/aromatic N) is 4. The van der Waals surface area contributed by atoms with E-state index in [1.54, 1.807) is 18.6 Å². The van der Waals surface area contributed by atoms with Crippen molar-refractivity contribution in [2.24, 2.45) is 0 Å². The fourth-order valence-electron chi connectivity index (χ4n) is 1.56. The number of urea groups is 1. The first-order chi connectivity index (χ1) is 9.06. The fourth-order valence-corrected chi connectivity index (χ4v) is 1.56. The quantitative estimate of drug-likeness (QED) is 0.796. The number of rotatable bonds is 4. The zero-order chi connectivity index (χ0) is 13.8. The zero-order valence-corrected chi connectivity index (χ0v) is 11.3. The van der Waals surface area contributed by atoms with Crippen molar-refractivity contribution in [1.29, 1.82) is 0 Å². The second-order valence-corrected chi connectivity index (χ2v) is 4.50. The predicted molar refractivity (Wildman–Crippen MR) is 73.3 cm³/mol. The Bertz CT molecular complexity index is 577. The average molecular weight is 262 g/mol. The number of amides is 2. The van der Waals surface area contributed by atoms with Crippen molar-refractivity contribution in [2.45, 2.75) is 6.92 Å². The van der Waals surface area contributed by atoms with E-state index in [1.807, 2.05) is 25.3 Å². The monoisotopic (exact) mass is 262 g/mol. The van der Waals surface area contributed by atoms with Crippen LogP contribution in [0.25, 0.3) is 5.65 Å². The van der Waals surface area contributed by atoms with Gasteiger partial charge in [0.25, 0.3) is 0 Å². The third-order valence-electron chi connectivity index (χ3n) is 2.58. The van der Waals surface area contributed by atoms with Crippen molar-refractivity contribution < 1.29 is 4.79 Å². The maximum atomic E-state index is 11.3. The third-order valence-corrected chi connectivity index (χ3v) is 2.58. The topological polar surface area (TPSA) is 74.6 Å². The molecule has 19 heavy (non-hydrogen) atoms. The Morgan fingerprint density at radius 3 is 2.95 bits per heavy atom. The number of pyridine rings is 1. The van der Waals surface area contributed by atoms with E-state index < -0.39 is 0 Å². The van der Waals surface area contributed by atoms with Crippen molar-refractivity contribution in [3.05, 3.63) is 23.9 Å². The molecule has 0 bridgehead atoms. The van der Waals surface area contributed by atoms with Gasteiger partial charge in [-0.15, -0.1) is 5.10 Å². The van der Waals surface area contributed by atoms with E-state index in [2.05, 4.69) is 20.7 Å². The van der Waals surface area contributed by atoms with Crippen LogP contribution in [-0.4, -0.2) is 52.7 Å². The number of fused-ring (bicyclic) bond motifs is 1. The Balaban J connectivity index is 1.86. The Hall–Kier alpha value is -2.31. The molecule has 0 radical (unpaired) electrons. The highest BCUT2D eigenvalue weighted by atomic mass is 16.2. The first kappa shape index (κ1) is 13.1. The molecule has 0 spiro atoms. The highest BCUT2D eigenvalue weighted by Gasteiger charge is 2.04. The summed E-state index contributed by atoms with van der Waals surface area (Å²) in [4.78, 5) is 17.1. The maximum absolute atomic E-state index is 11.3. The van der Waals surface area contributed by atoms with E-state index in [0.29, 0.717) is 19.0 Å². The predicted octanol–water partition coefficient (Wildman–Crippen LogP) is 0.721. The van der Waals surface area contributed by atoms with Crippen LogP contribution < -0.4 is 10.6 Å². The molecule has 7 heteroatoms. The standard InChI is InChI=1S/C12H18N6O/c1-9-4-7-18-10(8-9)15-11(16-18)13-5-6-14-12(19)17(2)3/h4,7-8H,5-6H2,1-3H3,(H,13,16)(H,14,19). The van der Waals surface area contributed by atoms with Gasteiger partial charge in [-0.1, -0.05) is 0 Å². The van der Waals surface area contributed by atoms with Gasteiger partial charge in [0, 0.05) is 33.4 Å². The van der Waals surface area contributed by atoms with Gasteiger partial charge in [-0.3, -0.25) is 0 Å². The van der Waals surface area contributed by atoms with E-state index in [1.165, 1.54) is 4.90 Å². The molecule has 0 aliphatic carbocycles. The molecule has 2 heterocycles. The van der Waals surface area contributed by atoms with Gasteiger partial charge < -0.3 is 15.5 Å². The summed E-state index contributed by atoms with van der Waals surface area (Å²) >= 11 is 0. The molecule has 2 N–H and O–H groups in total. The molecule has 0 aromatic carbocycles. The van der Waals surface area contributed by atoms with Crippen molar-refractivity contribution in [1.82, 2.24) is 24.8 Å². The van der Waals surface area contributed by atoms with Crippen LogP contribution in [0.3, 0.4) is 0 Å². The lowest BCUT2D eigenvalue weighted by atomic mass is 10.3. The molecule has 2 rings (SSSR count). The Labute approximate surface area is 111 Å². The zero-order valence-electron chi connectivity index (χ0n) is 11.3. The summed E-state index contributed by atoms with van der Waals surface area (Å²) in [7, 11) is 3.41. The highest BCUT2D eigenvalue weighted by molar-refractivity contribution is 5.73. The largest absolute Gasteiger partial charge is 0.351 e. The lowest BCUT2D eigenvalue weighted by Gasteiger charge is -2.11. The second kappa shape index (κ2) is 5.55. The molecular weight excluding hydrogens is 244 g/mol. The smallest absolute Gasteiger partial charge is 0.316 e. The summed E-state index contributed by atoms with van der Waals surface area (Å²) < 4.78 is 1.72. The number of hydrogen-bond acceptors (Lipinski definition) is 4. The van der Waals surface area contributed by atoms with Gasteiger partial charge in [-0.05, 0) is 24.6 Å². The number of aryl methyl sites for hydroxylation is 1. The molecule has 0 saturated carbocycles. The number of anilines is 1. The SMILES string of the molecule is Cc1ccn2nc(NCCNC(=O)N(C)C)nc2c1. The molecule has 0 aliphatic rings. The molecule has 0 saturated heterocycles. The summed E-state index contributed by atoms with van der Waals surface area (Å²) in [5.41, 5.74) is 1.95. The Kier molecular flexibility index (Phi) is 3.84. The lowest BCUT2D eigenvalue weighted by molar-refractivity contribution is 0.218. The van der Waals surface area contributed by atoms with Crippen molar-refractivity contribution in [3.63, 3.8) is 0 Å². The molecule has 0 aliphatic heterocycles. The van der Waals surface area contributed by atoms with Gasteiger partial charge in [0.15, 0.2) is 5.65 Å².